The van der Waals surface area contributed by atoms with Gasteiger partial charge >= 0.3 is 83.3 Å². The molecular formula is C2H11Ca2O5P. The first-order valence-electron chi connectivity index (χ1n) is 1.87. The normalized spacial score (nSPS) is 9.50. The van der Waals surface area contributed by atoms with Gasteiger partial charge in [0.05, 0.1) is 13.2 Å². The number of phosphoric acid groups is 1. The van der Waals surface area contributed by atoms with E-state index in [1.165, 1.54) is 0 Å². The molecule has 0 saturated heterocycles. The van der Waals surface area contributed by atoms with E-state index in [0.29, 0.717) is 0 Å². The summed E-state index contributed by atoms with van der Waals surface area (Å²) in [5.41, 5.74) is 0. The summed E-state index contributed by atoms with van der Waals surface area (Å²) in [7, 11) is -4.34. The van der Waals surface area contributed by atoms with Crippen molar-refractivity contribution in [3.63, 3.8) is 0 Å². The van der Waals surface area contributed by atoms with Crippen molar-refractivity contribution < 1.29 is 24.0 Å². The van der Waals surface area contributed by atoms with Crippen LogP contribution in [0.5, 0.6) is 0 Å². The summed E-state index contributed by atoms with van der Waals surface area (Å²) in [6.07, 6.45) is 0. The van der Waals surface area contributed by atoms with Crippen LogP contribution in [0.15, 0.2) is 0 Å². The minimum atomic E-state index is -4.34. The molecular weight excluding hydrogens is 215 g/mol. The van der Waals surface area contributed by atoms with Crippen LogP contribution in [0.25, 0.3) is 0 Å². The predicted octanol–water partition coefficient (Wildman–Crippen LogP) is -2.74. The molecule has 0 radical (unpaired) electrons. The molecule has 0 aromatic rings. The van der Waals surface area contributed by atoms with E-state index in [1.807, 2.05) is 0 Å². The van der Waals surface area contributed by atoms with E-state index in [9.17, 15) is 4.57 Å². The van der Waals surface area contributed by atoms with Crippen molar-refractivity contribution in [2.75, 3.05) is 13.2 Å². The monoisotopic (exact) mass is 226 g/mol. The summed E-state index contributed by atoms with van der Waals surface area (Å²) < 4.78 is 13.5. The zero-order chi connectivity index (χ0) is 6.62. The SMILES string of the molecule is O=P(O)(O)OCCO.[CaH2].[CaH2]. The third-order valence-electron chi connectivity index (χ3n) is 0.351. The number of phosphoric ester groups is 1. The van der Waals surface area contributed by atoms with E-state index in [0.717, 1.165) is 0 Å². The van der Waals surface area contributed by atoms with Gasteiger partial charge in [0, 0.05) is 0 Å². The first kappa shape index (κ1) is 18.4. The number of aliphatic hydroxyl groups is 1. The summed E-state index contributed by atoms with van der Waals surface area (Å²) in [6, 6.07) is 0. The average Bonchev–Trinajstić information content (AvgIpc) is 1.59. The van der Waals surface area contributed by atoms with Crippen LogP contribution in [0.1, 0.15) is 0 Å². The van der Waals surface area contributed by atoms with Crippen molar-refractivity contribution in [3.8, 4) is 0 Å². The van der Waals surface area contributed by atoms with E-state index < -0.39 is 7.82 Å². The molecule has 0 aliphatic carbocycles. The van der Waals surface area contributed by atoms with Crippen LogP contribution >= 0.6 is 7.82 Å². The zero-order valence-electron chi connectivity index (χ0n) is 4.02. The third-order valence-corrected chi connectivity index (χ3v) is 0.870. The number of rotatable bonds is 3. The van der Waals surface area contributed by atoms with Crippen molar-refractivity contribution >= 4 is 83.3 Å². The Morgan fingerprint density at radius 3 is 1.80 bits per heavy atom. The van der Waals surface area contributed by atoms with Gasteiger partial charge in [0.15, 0.2) is 0 Å². The van der Waals surface area contributed by atoms with Crippen molar-refractivity contribution in [2.45, 2.75) is 0 Å². The van der Waals surface area contributed by atoms with E-state index in [2.05, 4.69) is 4.52 Å². The molecule has 0 fully saturated rings. The summed E-state index contributed by atoms with van der Waals surface area (Å²) >= 11 is 0. The topological polar surface area (TPSA) is 87.0 Å². The van der Waals surface area contributed by atoms with Crippen LogP contribution in [-0.2, 0) is 9.09 Å². The second-order valence-electron chi connectivity index (χ2n) is 1.05. The number of hydrogen-bond acceptors (Lipinski definition) is 3. The van der Waals surface area contributed by atoms with Crippen molar-refractivity contribution in [3.05, 3.63) is 0 Å². The zero-order valence-corrected chi connectivity index (χ0v) is 4.91. The Morgan fingerprint density at radius 2 is 1.70 bits per heavy atom. The first-order valence-corrected chi connectivity index (χ1v) is 3.40. The van der Waals surface area contributed by atoms with Crippen molar-refractivity contribution in [2.24, 2.45) is 0 Å². The molecule has 5 nitrogen and oxygen atoms in total. The molecule has 0 saturated carbocycles. The Morgan fingerprint density at radius 1 is 1.30 bits per heavy atom. The Labute approximate surface area is 118 Å². The van der Waals surface area contributed by atoms with Crippen LogP contribution in [0, 0.1) is 0 Å². The van der Waals surface area contributed by atoms with E-state index >= 15 is 0 Å². The van der Waals surface area contributed by atoms with Gasteiger partial charge in [-0.2, -0.15) is 0 Å². The number of aliphatic hydroxyl groups excluding tert-OH is 1. The van der Waals surface area contributed by atoms with Gasteiger partial charge in [-0.15, -0.1) is 0 Å². The molecule has 0 heterocycles. The molecule has 8 heteroatoms. The quantitative estimate of drug-likeness (QED) is 0.359. The summed E-state index contributed by atoms with van der Waals surface area (Å²) in [4.78, 5) is 15.9. The van der Waals surface area contributed by atoms with Crippen molar-refractivity contribution in [1.82, 2.24) is 0 Å². The van der Waals surface area contributed by atoms with Gasteiger partial charge < -0.3 is 14.9 Å². The average molecular weight is 226 g/mol. The molecule has 0 aliphatic rings. The van der Waals surface area contributed by atoms with E-state index in [1.54, 1.807) is 0 Å². The minimum absolute atomic E-state index is 0. The Hall–Kier alpha value is 2.59. The molecule has 0 bridgehead atoms. The standard InChI is InChI=1S/C2H7O5P.2Ca.4H/c3-1-2-7-8(4,5)6;;;;;;/h3H,1-2H2,(H2,4,5,6);;;;;;. The fourth-order valence-electron chi connectivity index (χ4n) is 0.160. The molecule has 58 valence electrons. The van der Waals surface area contributed by atoms with Gasteiger partial charge in [0.25, 0.3) is 0 Å². The summed E-state index contributed by atoms with van der Waals surface area (Å²) in [6.45, 7) is -0.713. The molecule has 0 aromatic carbocycles. The van der Waals surface area contributed by atoms with Gasteiger partial charge in [-0.05, 0) is 0 Å². The molecule has 0 unspecified atom stereocenters. The second kappa shape index (κ2) is 9.68. The van der Waals surface area contributed by atoms with Crippen LogP contribution in [0.2, 0.25) is 0 Å². The molecule has 0 atom stereocenters. The second-order valence-corrected chi connectivity index (χ2v) is 2.29. The summed E-state index contributed by atoms with van der Waals surface area (Å²) in [5, 5.41) is 7.96. The fourth-order valence-corrected chi connectivity index (χ4v) is 0.479. The van der Waals surface area contributed by atoms with Gasteiger partial charge in [0.2, 0.25) is 0 Å². The molecule has 0 spiro atoms. The molecule has 0 aromatic heterocycles. The molecule has 0 aliphatic heterocycles. The van der Waals surface area contributed by atoms with Crippen LogP contribution in [0.4, 0.5) is 0 Å². The Kier molecular flexibility index (Phi) is 17.8. The third kappa shape index (κ3) is 16.9. The van der Waals surface area contributed by atoms with Crippen LogP contribution in [-0.4, -0.2) is 104 Å². The van der Waals surface area contributed by atoms with Crippen LogP contribution in [0.3, 0.4) is 0 Å². The maximum absolute atomic E-state index is 9.75. The van der Waals surface area contributed by atoms with Gasteiger partial charge in [0.1, 0.15) is 0 Å². The van der Waals surface area contributed by atoms with Crippen LogP contribution < -0.4 is 0 Å². The fraction of sp³-hybridized carbons (Fsp3) is 1.00. The van der Waals surface area contributed by atoms with Crippen molar-refractivity contribution in [1.29, 1.82) is 0 Å². The van der Waals surface area contributed by atoms with E-state index in [4.69, 9.17) is 14.9 Å². The summed E-state index contributed by atoms with van der Waals surface area (Å²) in [5.74, 6) is 0. The van der Waals surface area contributed by atoms with Gasteiger partial charge in [-0.1, -0.05) is 0 Å². The first-order chi connectivity index (χ1) is 3.56. The Balaban J connectivity index is -0.000000245. The van der Waals surface area contributed by atoms with E-state index in [-0.39, 0.29) is 88.7 Å². The molecule has 3 N–H and O–H groups in total. The Bertz CT molecular complexity index is 102. The maximum atomic E-state index is 9.75. The van der Waals surface area contributed by atoms with Gasteiger partial charge in [-0.25, -0.2) is 4.57 Å². The molecule has 0 rings (SSSR count). The number of hydrogen-bond donors (Lipinski definition) is 3. The predicted molar refractivity (Wildman–Crippen MR) is 42.2 cm³/mol. The molecule has 10 heavy (non-hydrogen) atoms. The van der Waals surface area contributed by atoms with Gasteiger partial charge in [-0.3, -0.25) is 4.52 Å². The molecule has 0 amide bonds.